The maximum Gasteiger partial charge on any atom is 0.236 e. The van der Waals surface area contributed by atoms with Crippen LogP contribution in [0.3, 0.4) is 0 Å². The average molecular weight is 238 g/mol. The lowest BCUT2D eigenvalue weighted by Crippen LogP contribution is -2.43. The molecule has 1 rings (SSSR count). The van der Waals surface area contributed by atoms with Crippen LogP contribution in [-0.4, -0.2) is 18.5 Å². The fourth-order valence-corrected chi connectivity index (χ4v) is 1.65. The van der Waals surface area contributed by atoms with Crippen LogP contribution in [0, 0.1) is 5.82 Å². The quantitative estimate of drug-likeness (QED) is 0.823. The van der Waals surface area contributed by atoms with Crippen molar-refractivity contribution in [1.29, 1.82) is 0 Å². The Morgan fingerprint density at radius 1 is 1.41 bits per heavy atom. The Morgan fingerprint density at radius 2 is 2.12 bits per heavy atom. The van der Waals surface area contributed by atoms with Gasteiger partial charge in [0.2, 0.25) is 5.91 Å². The molecule has 0 aliphatic carbocycles. The molecule has 2 atom stereocenters. The summed E-state index contributed by atoms with van der Waals surface area (Å²) in [5, 5.41) is 5.87. The molecule has 0 radical (unpaired) electrons. The van der Waals surface area contributed by atoms with Crippen LogP contribution in [0.15, 0.2) is 24.3 Å². The number of halogens is 1. The summed E-state index contributed by atoms with van der Waals surface area (Å²) in [7, 11) is 0. The van der Waals surface area contributed by atoms with Gasteiger partial charge in [-0.05, 0) is 38.5 Å². The van der Waals surface area contributed by atoms with Crippen LogP contribution < -0.4 is 10.6 Å². The Kier molecular flexibility index (Phi) is 5.10. The van der Waals surface area contributed by atoms with E-state index in [4.69, 9.17) is 0 Å². The monoisotopic (exact) mass is 238 g/mol. The van der Waals surface area contributed by atoms with Crippen LogP contribution in [0.4, 0.5) is 4.39 Å². The van der Waals surface area contributed by atoms with Gasteiger partial charge in [-0.1, -0.05) is 12.1 Å². The first-order valence-electron chi connectivity index (χ1n) is 5.83. The normalized spacial score (nSPS) is 14.1. The van der Waals surface area contributed by atoms with E-state index in [1.165, 1.54) is 12.1 Å². The topological polar surface area (TPSA) is 41.1 Å². The third-order valence-corrected chi connectivity index (χ3v) is 2.59. The number of amides is 1. The first-order valence-corrected chi connectivity index (χ1v) is 5.83. The van der Waals surface area contributed by atoms with Crippen LogP contribution in [0.5, 0.6) is 0 Å². The summed E-state index contributed by atoms with van der Waals surface area (Å²) in [6, 6.07) is 6.02. The zero-order valence-electron chi connectivity index (χ0n) is 10.5. The lowest BCUT2D eigenvalue weighted by atomic mass is 10.1. The number of carbonyl (C=O) groups excluding carboxylic acids is 1. The highest BCUT2D eigenvalue weighted by molar-refractivity contribution is 5.81. The molecule has 0 aliphatic rings. The number of nitrogens with one attached hydrogen (secondary N) is 2. The van der Waals surface area contributed by atoms with Crippen LogP contribution in [0.25, 0.3) is 0 Å². The third-order valence-electron chi connectivity index (χ3n) is 2.59. The van der Waals surface area contributed by atoms with Gasteiger partial charge in [0.15, 0.2) is 0 Å². The Morgan fingerprint density at radius 3 is 2.71 bits per heavy atom. The van der Waals surface area contributed by atoms with Crippen LogP contribution >= 0.6 is 0 Å². The Labute approximate surface area is 101 Å². The molecule has 4 heteroatoms. The second kappa shape index (κ2) is 6.35. The second-order valence-corrected chi connectivity index (χ2v) is 4.06. The summed E-state index contributed by atoms with van der Waals surface area (Å²) >= 11 is 0. The Balaban J connectivity index is 2.60. The van der Waals surface area contributed by atoms with E-state index in [2.05, 4.69) is 10.6 Å². The molecule has 0 saturated carbocycles. The molecule has 1 aromatic rings. The molecule has 0 bridgehead atoms. The largest absolute Gasteiger partial charge is 0.355 e. The van der Waals surface area contributed by atoms with Gasteiger partial charge in [-0.15, -0.1) is 0 Å². The van der Waals surface area contributed by atoms with Crippen LogP contribution in [-0.2, 0) is 4.79 Å². The van der Waals surface area contributed by atoms with E-state index in [-0.39, 0.29) is 23.8 Å². The van der Waals surface area contributed by atoms with Crippen LogP contribution in [0.1, 0.15) is 32.4 Å². The average Bonchev–Trinajstić information content (AvgIpc) is 2.29. The molecule has 2 unspecified atom stereocenters. The highest BCUT2D eigenvalue weighted by Crippen LogP contribution is 2.13. The standard InChI is InChI=1S/C13H19FN2O/c1-4-15-13(17)10(3)16-9(2)11-6-5-7-12(14)8-11/h5-10,16H,4H2,1-3H3,(H,15,17). The summed E-state index contributed by atoms with van der Waals surface area (Å²) in [6.45, 7) is 6.19. The van der Waals surface area contributed by atoms with Crippen molar-refractivity contribution in [2.75, 3.05) is 6.54 Å². The summed E-state index contributed by atoms with van der Waals surface area (Å²) in [4.78, 5) is 11.5. The van der Waals surface area contributed by atoms with Gasteiger partial charge in [0.1, 0.15) is 5.82 Å². The minimum Gasteiger partial charge on any atom is -0.355 e. The van der Waals surface area contributed by atoms with Gasteiger partial charge >= 0.3 is 0 Å². The van der Waals surface area contributed by atoms with Crippen molar-refractivity contribution in [1.82, 2.24) is 10.6 Å². The number of rotatable bonds is 5. The molecule has 94 valence electrons. The van der Waals surface area contributed by atoms with Crippen molar-refractivity contribution in [3.05, 3.63) is 35.6 Å². The van der Waals surface area contributed by atoms with Gasteiger partial charge < -0.3 is 5.32 Å². The number of likely N-dealkylation sites (N-methyl/N-ethyl adjacent to an activating group) is 1. The molecule has 2 N–H and O–H groups in total. The maximum atomic E-state index is 13.0. The number of hydrogen-bond acceptors (Lipinski definition) is 2. The van der Waals surface area contributed by atoms with Crippen molar-refractivity contribution < 1.29 is 9.18 Å². The van der Waals surface area contributed by atoms with E-state index in [9.17, 15) is 9.18 Å². The summed E-state index contributed by atoms with van der Waals surface area (Å²) in [6.07, 6.45) is 0. The first kappa shape index (κ1) is 13.6. The summed E-state index contributed by atoms with van der Waals surface area (Å²) in [5.41, 5.74) is 0.834. The predicted octanol–water partition coefficient (Wildman–Crippen LogP) is 2.00. The van der Waals surface area contributed by atoms with Gasteiger partial charge in [-0.25, -0.2) is 4.39 Å². The Bertz CT molecular complexity index is 381. The van der Waals surface area contributed by atoms with E-state index in [0.717, 1.165) is 5.56 Å². The van der Waals surface area contributed by atoms with Crippen LogP contribution in [0.2, 0.25) is 0 Å². The number of hydrogen-bond donors (Lipinski definition) is 2. The highest BCUT2D eigenvalue weighted by atomic mass is 19.1. The fraction of sp³-hybridized carbons (Fsp3) is 0.462. The maximum absolute atomic E-state index is 13.0. The van der Waals surface area contributed by atoms with Crippen molar-refractivity contribution in [3.63, 3.8) is 0 Å². The molecular weight excluding hydrogens is 219 g/mol. The minimum atomic E-state index is -0.298. The third kappa shape index (κ3) is 4.15. The van der Waals surface area contributed by atoms with Crippen molar-refractivity contribution >= 4 is 5.91 Å². The molecule has 0 spiro atoms. The first-order chi connectivity index (χ1) is 8.04. The smallest absolute Gasteiger partial charge is 0.236 e. The number of carbonyl (C=O) groups is 1. The zero-order chi connectivity index (χ0) is 12.8. The highest BCUT2D eigenvalue weighted by Gasteiger charge is 2.15. The van der Waals surface area contributed by atoms with E-state index >= 15 is 0 Å². The lowest BCUT2D eigenvalue weighted by molar-refractivity contribution is -0.122. The number of benzene rings is 1. The molecule has 0 saturated heterocycles. The van der Waals surface area contributed by atoms with E-state index in [1.807, 2.05) is 19.9 Å². The summed E-state index contributed by atoms with van der Waals surface area (Å²) in [5.74, 6) is -0.308. The van der Waals surface area contributed by atoms with Gasteiger partial charge in [0.25, 0.3) is 0 Å². The van der Waals surface area contributed by atoms with E-state index < -0.39 is 0 Å². The van der Waals surface area contributed by atoms with Crippen molar-refractivity contribution in [2.45, 2.75) is 32.9 Å². The van der Waals surface area contributed by atoms with Crippen molar-refractivity contribution in [2.24, 2.45) is 0 Å². The molecule has 0 aliphatic heterocycles. The molecule has 1 amide bonds. The lowest BCUT2D eigenvalue weighted by Gasteiger charge is -2.19. The molecule has 0 heterocycles. The predicted molar refractivity (Wildman–Crippen MR) is 66.1 cm³/mol. The van der Waals surface area contributed by atoms with Gasteiger partial charge in [0, 0.05) is 12.6 Å². The van der Waals surface area contributed by atoms with E-state index in [1.54, 1.807) is 13.0 Å². The molecule has 3 nitrogen and oxygen atoms in total. The zero-order valence-corrected chi connectivity index (χ0v) is 10.5. The fourth-order valence-electron chi connectivity index (χ4n) is 1.65. The SMILES string of the molecule is CCNC(=O)C(C)NC(C)c1cccc(F)c1. The van der Waals surface area contributed by atoms with E-state index in [0.29, 0.717) is 6.54 Å². The molecule has 1 aromatic carbocycles. The van der Waals surface area contributed by atoms with Gasteiger partial charge in [-0.3, -0.25) is 10.1 Å². The molecule has 17 heavy (non-hydrogen) atoms. The molecular formula is C13H19FN2O. The Hall–Kier alpha value is -1.42. The summed E-state index contributed by atoms with van der Waals surface area (Å²) < 4.78 is 13.0. The van der Waals surface area contributed by atoms with Crippen molar-refractivity contribution in [3.8, 4) is 0 Å². The molecule has 0 fully saturated rings. The van der Waals surface area contributed by atoms with Gasteiger partial charge in [-0.2, -0.15) is 0 Å². The van der Waals surface area contributed by atoms with Gasteiger partial charge in [0.05, 0.1) is 6.04 Å². The molecule has 0 aromatic heterocycles. The second-order valence-electron chi connectivity index (χ2n) is 4.06. The minimum absolute atomic E-state index is 0.0456.